The van der Waals surface area contributed by atoms with Crippen LogP contribution >= 0.6 is 0 Å². The highest BCUT2D eigenvalue weighted by molar-refractivity contribution is 5.49. The van der Waals surface area contributed by atoms with Crippen molar-refractivity contribution in [1.82, 2.24) is 4.90 Å². The van der Waals surface area contributed by atoms with Crippen molar-refractivity contribution in [3.8, 4) is 0 Å². The van der Waals surface area contributed by atoms with Crippen molar-refractivity contribution in [2.75, 3.05) is 13.1 Å². The van der Waals surface area contributed by atoms with Gasteiger partial charge >= 0.3 is 0 Å². The van der Waals surface area contributed by atoms with E-state index in [1.807, 2.05) is 0 Å². The zero-order chi connectivity index (χ0) is 9.71. The summed E-state index contributed by atoms with van der Waals surface area (Å²) in [5.74, 6) is 2.12. The predicted molar refractivity (Wildman–Crippen MR) is 51.8 cm³/mol. The van der Waals surface area contributed by atoms with Crippen LogP contribution in [0.4, 0.5) is 0 Å². The molecule has 2 saturated carbocycles. The summed E-state index contributed by atoms with van der Waals surface area (Å²) in [7, 11) is 0. The van der Waals surface area contributed by atoms with Crippen molar-refractivity contribution < 1.29 is 9.90 Å². The maximum absolute atomic E-state index is 10.3. The van der Waals surface area contributed by atoms with Crippen LogP contribution in [0.25, 0.3) is 0 Å². The van der Waals surface area contributed by atoms with Gasteiger partial charge in [-0.15, -0.1) is 0 Å². The number of rotatable bonds is 3. The topological polar surface area (TPSA) is 40.5 Å². The first-order chi connectivity index (χ1) is 6.81. The van der Waals surface area contributed by atoms with Gasteiger partial charge in [-0.2, -0.15) is 0 Å². The molecule has 0 spiro atoms. The maximum atomic E-state index is 10.3. The van der Waals surface area contributed by atoms with E-state index in [0.29, 0.717) is 18.4 Å². The molecule has 3 aliphatic rings. The second-order valence-electron chi connectivity index (χ2n) is 5.09. The number of carbonyl (C=O) groups excluding carboxylic acids is 1. The van der Waals surface area contributed by atoms with Crippen molar-refractivity contribution in [2.24, 2.45) is 17.8 Å². The van der Waals surface area contributed by atoms with Crippen LogP contribution in [0.1, 0.15) is 19.3 Å². The fourth-order valence-corrected chi connectivity index (χ4v) is 4.01. The number of fused-ring (bicyclic) bond motifs is 1. The fourth-order valence-electron chi connectivity index (χ4n) is 4.01. The lowest BCUT2D eigenvalue weighted by atomic mass is 9.88. The van der Waals surface area contributed by atoms with Crippen LogP contribution in [-0.4, -0.2) is 41.5 Å². The number of hydrogen-bond acceptors (Lipinski definition) is 3. The van der Waals surface area contributed by atoms with Gasteiger partial charge in [-0.3, -0.25) is 4.90 Å². The normalized spacial score (nSPS) is 50.2. The molecule has 3 rings (SSSR count). The molecule has 0 aromatic rings. The Balaban J connectivity index is 1.75. The Morgan fingerprint density at radius 3 is 2.93 bits per heavy atom. The third-order valence-electron chi connectivity index (χ3n) is 4.48. The Morgan fingerprint density at radius 1 is 1.36 bits per heavy atom. The highest BCUT2D eigenvalue weighted by atomic mass is 16.3. The summed E-state index contributed by atoms with van der Waals surface area (Å²) in [6, 6.07) is 0.388. The van der Waals surface area contributed by atoms with Crippen molar-refractivity contribution in [3.63, 3.8) is 0 Å². The van der Waals surface area contributed by atoms with Gasteiger partial charge in [-0.1, -0.05) is 0 Å². The molecule has 5 unspecified atom stereocenters. The van der Waals surface area contributed by atoms with Crippen molar-refractivity contribution in [3.05, 3.63) is 0 Å². The molecule has 14 heavy (non-hydrogen) atoms. The lowest BCUT2D eigenvalue weighted by Gasteiger charge is -2.28. The van der Waals surface area contributed by atoms with E-state index in [0.717, 1.165) is 31.2 Å². The molecule has 3 heteroatoms. The van der Waals surface area contributed by atoms with E-state index in [4.69, 9.17) is 0 Å². The third-order valence-corrected chi connectivity index (χ3v) is 4.48. The summed E-state index contributed by atoms with van der Waals surface area (Å²) >= 11 is 0. The van der Waals surface area contributed by atoms with E-state index in [9.17, 15) is 9.90 Å². The molecule has 0 radical (unpaired) electrons. The quantitative estimate of drug-likeness (QED) is 0.657. The average Bonchev–Trinajstić information content (AvgIpc) is 2.74. The first-order valence-electron chi connectivity index (χ1n) is 5.67. The number of aldehydes is 1. The van der Waals surface area contributed by atoms with Crippen LogP contribution in [0.5, 0.6) is 0 Å². The Morgan fingerprint density at radius 2 is 2.21 bits per heavy atom. The van der Waals surface area contributed by atoms with Gasteiger partial charge in [0.25, 0.3) is 0 Å². The smallest absolute Gasteiger partial charge is 0.121 e. The molecule has 2 aliphatic carbocycles. The molecule has 0 aromatic carbocycles. The standard InChI is InChI=1S/C11H17NO2/c13-3-1-2-12-6-8-4-7-5-9(8)10(12)11(7)14/h3,7-11,14H,1-2,4-6H2. The van der Waals surface area contributed by atoms with E-state index in [-0.39, 0.29) is 6.10 Å². The molecule has 1 aliphatic heterocycles. The van der Waals surface area contributed by atoms with Gasteiger partial charge in [0.2, 0.25) is 0 Å². The molecule has 1 N–H and O–H groups in total. The van der Waals surface area contributed by atoms with E-state index in [2.05, 4.69) is 4.90 Å². The second-order valence-corrected chi connectivity index (χ2v) is 5.09. The molecule has 0 amide bonds. The van der Waals surface area contributed by atoms with E-state index >= 15 is 0 Å². The number of aliphatic hydroxyl groups is 1. The molecule has 78 valence electrons. The highest BCUT2D eigenvalue weighted by Crippen LogP contribution is 2.54. The molecule has 1 heterocycles. The third kappa shape index (κ3) is 1.03. The van der Waals surface area contributed by atoms with E-state index in [1.54, 1.807) is 0 Å². The number of aliphatic hydroxyl groups excluding tert-OH is 1. The van der Waals surface area contributed by atoms with Crippen LogP contribution in [0, 0.1) is 17.8 Å². The molecule has 2 bridgehead atoms. The second kappa shape index (κ2) is 3.04. The van der Waals surface area contributed by atoms with E-state index in [1.165, 1.54) is 12.8 Å². The van der Waals surface area contributed by atoms with Crippen LogP contribution in [0.15, 0.2) is 0 Å². The molecule has 3 fully saturated rings. The first-order valence-corrected chi connectivity index (χ1v) is 5.67. The average molecular weight is 195 g/mol. The number of hydrogen-bond donors (Lipinski definition) is 1. The summed E-state index contributed by atoms with van der Waals surface area (Å²) in [5.41, 5.74) is 0. The fraction of sp³-hybridized carbons (Fsp3) is 0.909. The SMILES string of the molecule is O=CCCN1CC2CC3CC2C1C3O. The van der Waals surface area contributed by atoms with Gasteiger partial charge in [0.15, 0.2) is 0 Å². The maximum Gasteiger partial charge on any atom is 0.121 e. The minimum Gasteiger partial charge on any atom is -0.391 e. The lowest BCUT2D eigenvalue weighted by Crippen LogP contribution is -2.41. The van der Waals surface area contributed by atoms with Crippen LogP contribution in [0.3, 0.4) is 0 Å². The first kappa shape index (κ1) is 8.86. The Hall–Kier alpha value is -0.410. The predicted octanol–water partition coefficient (Wildman–Crippen LogP) is 0.277. The van der Waals surface area contributed by atoms with Crippen molar-refractivity contribution in [2.45, 2.75) is 31.4 Å². The number of likely N-dealkylation sites (tertiary alicyclic amines) is 1. The minimum atomic E-state index is -0.106. The Kier molecular flexibility index (Phi) is 1.92. The summed E-state index contributed by atoms with van der Waals surface area (Å²) < 4.78 is 0. The summed E-state index contributed by atoms with van der Waals surface area (Å²) in [6.07, 6.45) is 3.95. The van der Waals surface area contributed by atoms with Gasteiger partial charge in [0.1, 0.15) is 6.29 Å². The Bertz CT molecular complexity index is 254. The van der Waals surface area contributed by atoms with E-state index < -0.39 is 0 Å². The number of nitrogens with zero attached hydrogens (tertiary/aromatic N) is 1. The molecule has 0 aromatic heterocycles. The van der Waals surface area contributed by atoms with Gasteiger partial charge in [-0.25, -0.2) is 0 Å². The summed E-state index contributed by atoms with van der Waals surface area (Å²) in [5, 5.41) is 10.0. The zero-order valence-corrected chi connectivity index (χ0v) is 8.30. The zero-order valence-electron chi connectivity index (χ0n) is 8.30. The highest BCUT2D eigenvalue weighted by Gasteiger charge is 2.58. The monoisotopic (exact) mass is 195 g/mol. The van der Waals surface area contributed by atoms with Gasteiger partial charge in [0.05, 0.1) is 6.10 Å². The summed E-state index contributed by atoms with van der Waals surface area (Å²) in [6.45, 7) is 1.97. The minimum absolute atomic E-state index is 0.106. The molecule has 1 saturated heterocycles. The Labute approximate surface area is 84.1 Å². The van der Waals surface area contributed by atoms with Crippen LogP contribution in [0.2, 0.25) is 0 Å². The largest absolute Gasteiger partial charge is 0.391 e. The summed E-state index contributed by atoms with van der Waals surface area (Å²) in [4.78, 5) is 12.7. The van der Waals surface area contributed by atoms with Crippen LogP contribution < -0.4 is 0 Å². The van der Waals surface area contributed by atoms with Crippen molar-refractivity contribution in [1.29, 1.82) is 0 Å². The van der Waals surface area contributed by atoms with Gasteiger partial charge < -0.3 is 9.90 Å². The molecule has 3 nitrogen and oxygen atoms in total. The van der Waals surface area contributed by atoms with Gasteiger partial charge in [-0.05, 0) is 30.6 Å². The lowest BCUT2D eigenvalue weighted by molar-refractivity contribution is -0.108. The van der Waals surface area contributed by atoms with Gasteiger partial charge in [0, 0.05) is 25.6 Å². The molecule has 5 atom stereocenters. The van der Waals surface area contributed by atoms with Crippen LogP contribution in [-0.2, 0) is 4.79 Å². The molecular formula is C11H17NO2. The van der Waals surface area contributed by atoms with Crippen molar-refractivity contribution >= 4 is 6.29 Å². The number of carbonyl (C=O) groups is 1. The molecular weight excluding hydrogens is 178 g/mol.